The van der Waals surface area contributed by atoms with Crippen molar-refractivity contribution in [2.24, 2.45) is 0 Å². The number of aromatic nitrogens is 2. The Hall–Kier alpha value is -1.55. The second-order valence-electron chi connectivity index (χ2n) is 3.67. The third-order valence-corrected chi connectivity index (χ3v) is 3.23. The van der Waals surface area contributed by atoms with Crippen molar-refractivity contribution in [3.8, 4) is 0 Å². The van der Waals surface area contributed by atoms with Gasteiger partial charge >= 0.3 is 0 Å². The number of hydrogen-bond donors (Lipinski definition) is 1. The van der Waals surface area contributed by atoms with Crippen LogP contribution in [-0.2, 0) is 0 Å². The highest BCUT2D eigenvalue weighted by Gasteiger charge is 2.03. The van der Waals surface area contributed by atoms with Crippen molar-refractivity contribution < 1.29 is 0 Å². The van der Waals surface area contributed by atoms with Crippen LogP contribution in [0.15, 0.2) is 40.6 Å². The van der Waals surface area contributed by atoms with Crippen LogP contribution in [0.2, 0.25) is 0 Å². The van der Waals surface area contributed by atoms with Gasteiger partial charge in [-0.2, -0.15) is 0 Å². The second kappa shape index (κ2) is 4.53. The first-order chi connectivity index (χ1) is 7.65. The average molecular weight is 231 g/mol. The summed E-state index contributed by atoms with van der Waals surface area (Å²) in [6, 6.07) is 5.85. The van der Waals surface area contributed by atoms with Crippen LogP contribution in [0.25, 0.3) is 0 Å². The molecule has 0 unspecified atom stereocenters. The van der Waals surface area contributed by atoms with Crippen LogP contribution in [0.1, 0.15) is 11.1 Å². The second-order valence-corrected chi connectivity index (χ2v) is 4.68. The van der Waals surface area contributed by atoms with E-state index < -0.39 is 0 Å². The summed E-state index contributed by atoms with van der Waals surface area (Å²) in [4.78, 5) is 9.65. The van der Waals surface area contributed by atoms with Crippen molar-refractivity contribution in [3.05, 3.63) is 41.7 Å². The summed E-state index contributed by atoms with van der Waals surface area (Å²) in [6.07, 6.45) is 3.64. The molecule has 0 atom stereocenters. The first-order valence-electron chi connectivity index (χ1n) is 4.98. The van der Waals surface area contributed by atoms with E-state index in [1.165, 1.54) is 0 Å². The lowest BCUT2D eigenvalue weighted by Gasteiger charge is -2.05. The highest BCUT2D eigenvalue weighted by molar-refractivity contribution is 7.99. The van der Waals surface area contributed by atoms with Gasteiger partial charge in [0.25, 0.3) is 0 Å². The Morgan fingerprint density at radius 1 is 1.12 bits per heavy atom. The van der Waals surface area contributed by atoms with Crippen LogP contribution < -0.4 is 5.73 Å². The Morgan fingerprint density at radius 3 is 2.44 bits per heavy atom. The molecule has 0 aliphatic carbocycles. The number of nitrogens with zero attached hydrogens (tertiary/aromatic N) is 2. The van der Waals surface area contributed by atoms with Gasteiger partial charge in [-0.1, -0.05) is 0 Å². The van der Waals surface area contributed by atoms with Gasteiger partial charge in [0.2, 0.25) is 0 Å². The van der Waals surface area contributed by atoms with E-state index in [1.807, 2.05) is 44.4 Å². The highest BCUT2D eigenvalue weighted by atomic mass is 32.2. The van der Waals surface area contributed by atoms with E-state index in [0.29, 0.717) is 0 Å². The summed E-state index contributed by atoms with van der Waals surface area (Å²) in [6.45, 7) is 4.01. The number of hydrogen-bond acceptors (Lipinski definition) is 4. The predicted molar refractivity (Wildman–Crippen MR) is 66.5 cm³/mol. The van der Waals surface area contributed by atoms with Gasteiger partial charge in [0.15, 0.2) is 5.16 Å². The molecule has 0 radical (unpaired) electrons. The van der Waals surface area contributed by atoms with Crippen LogP contribution in [0.5, 0.6) is 0 Å². The third-order valence-electron chi connectivity index (χ3n) is 2.16. The quantitative estimate of drug-likeness (QED) is 0.638. The molecular formula is C12H13N3S. The normalized spacial score (nSPS) is 10.4. The third kappa shape index (κ3) is 2.52. The zero-order chi connectivity index (χ0) is 11.5. The molecule has 1 aromatic heterocycles. The SMILES string of the molecule is Cc1cnc(Sc2ccc(N)cc2C)nc1. The summed E-state index contributed by atoms with van der Waals surface area (Å²) >= 11 is 1.55. The Morgan fingerprint density at radius 2 is 1.81 bits per heavy atom. The molecule has 1 aromatic carbocycles. The molecule has 0 aliphatic heterocycles. The Labute approximate surface area is 99.1 Å². The van der Waals surface area contributed by atoms with Gasteiger partial charge in [-0.25, -0.2) is 9.97 Å². The van der Waals surface area contributed by atoms with Crippen molar-refractivity contribution in [1.82, 2.24) is 9.97 Å². The summed E-state index contributed by atoms with van der Waals surface area (Å²) in [7, 11) is 0. The zero-order valence-electron chi connectivity index (χ0n) is 9.27. The molecule has 82 valence electrons. The van der Waals surface area contributed by atoms with E-state index in [4.69, 9.17) is 5.73 Å². The minimum Gasteiger partial charge on any atom is -0.399 e. The molecule has 16 heavy (non-hydrogen) atoms. The molecule has 0 saturated heterocycles. The fourth-order valence-electron chi connectivity index (χ4n) is 1.32. The fourth-order valence-corrected chi connectivity index (χ4v) is 2.08. The van der Waals surface area contributed by atoms with Crippen molar-refractivity contribution in [1.29, 1.82) is 0 Å². The first-order valence-corrected chi connectivity index (χ1v) is 5.79. The standard InChI is InChI=1S/C12H13N3S/c1-8-6-14-12(15-7-8)16-11-4-3-10(13)5-9(11)2/h3-7H,13H2,1-2H3. The molecule has 2 N–H and O–H groups in total. The molecular weight excluding hydrogens is 218 g/mol. The number of anilines is 1. The molecule has 2 aromatic rings. The van der Waals surface area contributed by atoms with Gasteiger partial charge in [0.1, 0.15) is 0 Å². The van der Waals surface area contributed by atoms with Crippen LogP contribution in [0.4, 0.5) is 5.69 Å². The lowest BCUT2D eigenvalue weighted by atomic mass is 10.2. The lowest BCUT2D eigenvalue weighted by Crippen LogP contribution is -1.90. The van der Waals surface area contributed by atoms with E-state index in [0.717, 1.165) is 26.9 Å². The van der Waals surface area contributed by atoms with Gasteiger partial charge in [-0.3, -0.25) is 0 Å². The predicted octanol–water partition coefficient (Wildman–Crippen LogP) is 2.83. The summed E-state index contributed by atoms with van der Waals surface area (Å²) in [5.41, 5.74) is 8.70. The van der Waals surface area contributed by atoms with Gasteiger partial charge in [0.05, 0.1) is 0 Å². The number of aryl methyl sites for hydroxylation is 2. The molecule has 2 rings (SSSR count). The molecule has 0 bridgehead atoms. The molecule has 0 saturated carbocycles. The average Bonchev–Trinajstić information content (AvgIpc) is 2.25. The minimum absolute atomic E-state index is 0.762. The molecule has 4 heteroatoms. The number of nitrogens with two attached hydrogens (primary N) is 1. The van der Waals surface area contributed by atoms with E-state index in [-0.39, 0.29) is 0 Å². The molecule has 1 heterocycles. The topological polar surface area (TPSA) is 51.8 Å². The van der Waals surface area contributed by atoms with Crippen LogP contribution in [-0.4, -0.2) is 9.97 Å². The van der Waals surface area contributed by atoms with Crippen molar-refractivity contribution in [2.45, 2.75) is 23.9 Å². The van der Waals surface area contributed by atoms with E-state index in [1.54, 1.807) is 11.8 Å². The van der Waals surface area contributed by atoms with Crippen LogP contribution in [0.3, 0.4) is 0 Å². The lowest BCUT2D eigenvalue weighted by molar-refractivity contribution is 0.949. The smallest absolute Gasteiger partial charge is 0.192 e. The van der Waals surface area contributed by atoms with E-state index in [2.05, 4.69) is 9.97 Å². The van der Waals surface area contributed by atoms with Gasteiger partial charge in [-0.05, 0) is 54.9 Å². The van der Waals surface area contributed by atoms with Gasteiger partial charge in [0, 0.05) is 23.0 Å². The van der Waals surface area contributed by atoms with Crippen LogP contribution >= 0.6 is 11.8 Å². The molecule has 0 spiro atoms. The maximum atomic E-state index is 5.70. The Balaban J connectivity index is 2.23. The van der Waals surface area contributed by atoms with Gasteiger partial charge in [-0.15, -0.1) is 0 Å². The maximum Gasteiger partial charge on any atom is 0.192 e. The summed E-state index contributed by atoms with van der Waals surface area (Å²) < 4.78 is 0. The fraction of sp³-hybridized carbons (Fsp3) is 0.167. The van der Waals surface area contributed by atoms with Gasteiger partial charge < -0.3 is 5.73 Å². The number of rotatable bonds is 2. The Bertz CT molecular complexity index is 494. The maximum absolute atomic E-state index is 5.70. The molecule has 0 amide bonds. The molecule has 0 aliphatic rings. The van der Waals surface area contributed by atoms with Crippen molar-refractivity contribution >= 4 is 17.4 Å². The monoisotopic (exact) mass is 231 g/mol. The first kappa shape index (κ1) is 11.0. The Kier molecular flexibility index (Phi) is 3.10. The molecule has 0 fully saturated rings. The highest BCUT2D eigenvalue weighted by Crippen LogP contribution is 2.28. The summed E-state index contributed by atoms with van der Waals surface area (Å²) in [5.74, 6) is 0. The van der Waals surface area contributed by atoms with Crippen molar-refractivity contribution in [2.75, 3.05) is 5.73 Å². The van der Waals surface area contributed by atoms with Crippen LogP contribution in [0, 0.1) is 13.8 Å². The van der Waals surface area contributed by atoms with E-state index in [9.17, 15) is 0 Å². The largest absolute Gasteiger partial charge is 0.399 e. The number of nitrogen functional groups attached to an aromatic ring is 1. The zero-order valence-corrected chi connectivity index (χ0v) is 10.1. The van der Waals surface area contributed by atoms with E-state index >= 15 is 0 Å². The number of benzene rings is 1. The van der Waals surface area contributed by atoms with Crippen molar-refractivity contribution in [3.63, 3.8) is 0 Å². The molecule has 3 nitrogen and oxygen atoms in total. The summed E-state index contributed by atoms with van der Waals surface area (Å²) in [5, 5.41) is 0.762. The minimum atomic E-state index is 0.762.